The normalized spacial score (nSPS) is 11.9. The highest BCUT2D eigenvalue weighted by molar-refractivity contribution is 9.10. The number of nitrogen functional groups attached to an aromatic ring is 1. The van der Waals surface area contributed by atoms with Gasteiger partial charge in [-0.1, -0.05) is 15.9 Å². The minimum absolute atomic E-state index is 0.264. The number of esters is 1. The summed E-state index contributed by atoms with van der Waals surface area (Å²) in [5, 5.41) is 0. The first-order valence-electron chi connectivity index (χ1n) is 4.46. The highest BCUT2D eigenvalue weighted by Gasteiger charge is 2.16. The molecule has 0 saturated carbocycles. The Bertz CT molecular complexity index is 414. The number of hydrogen-bond donors (Lipinski definition) is 2. The molecular formula is C10H11BrN2O3. The second kappa shape index (κ2) is 4.98. The monoisotopic (exact) mass is 286 g/mol. The Kier molecular flexibility index (Phi) is 3.89. The smallest absolute Gasteiger partial charge is 0.339 e. The lowest BCUT2D eigenvalue weighted by atomic mass is 10.2. The van der Waals surface area contributed by atoms with E-state index >= 15 is 0 Å². The number of amides is 1. The summed E-state index contributed by atoms with van der Waals surface area (Å²) in [5.74, 6) is -1.34. The molecule has 4 N–H and O–H groups in total. The van der Waals surface area contributed by atoms with Crippen LogP contribution < -0.4 is 11.5 Å². The molecule has 1 atom stereocenters. The minimum Gasteiger partial charge on any atom is -0.449 e. The van der Waals surface area contributed by atoms with E-state index in [1.165, 1.54) is 13.0 Å². The van der Waals surface area contributed by atoms with Crippen LogP contribution in [0.5, 0.6) is 0 Å². The van der Waals surface area contributed by atoms with Crippen molar-refractivity contribution in [3.05, 3.63) is 28.2 Å². The number of ether oxygens (including phenoxy) is 1. The summed E-state index contributed by atoms with van der Waals surface area (Å²) in [5.41, 5.74) is 11.2. The van der Waals surface area contributed by atoms with E-state index in [9.17, 15) is 9.59 Å². The van der Waals surface area contributed by atoms with Crippen LogP contribution in [0.25, 0.3) is 0 Å². The highest BCUT2D eigenvalue weighted by Crippen LogP contribution is 2.18. The van der Waals surface area contributed by atoms with Crippen molar-refractivity contribution < 1.29 is 14.3 Å². The van der Waals surface area contributed by atoms with Crippen molar-refractivity contribution in [1.29, 1.82) is 0 Å². The lowest BCUT2D eigenvalue weighted by Gasteiger charge is -2.10. The first-order chi connectivity index (χ1) is 7.40. The number of primary amides is 1. The fourth-order valence-electron chi connectivity index (χ4n) is 1.02. The van der Waals surface area contributed by atoms with Crippen LogP contribution in [0.3, 0.4) is 0 Å². The number of carbonyl (C=O) groups excluding carboxylic acids is 2. The van der Waals surface area contributed by atoms with Crippen molar-refractivity contribution in [2.75, 3.05) is 5.73 Å². The van der Waals surface area contributed by atoms with Crippen LogP contribution in [-0.2, 0) is 9.53 Å². The molecule has 0 aliphatic rings. The fraction of sp³-hybridized carbons (Fsp3) is 0.200. The van der Waals surface area contributed by atoms with Gasteiger partial charge in [-0.25, -0.2) is 4.79 Å². The van der Waals surface area contributed by atoms with E-state index in [2.05, 4.69) is 15.9 Å². The maximum Gasteiger partial charge on any atom is 0.339 e. The Hall–Kier alpha value is -1.56. The second-order valence-electron chi connectivity index (χ2n) is 3.22. The standard InChI is InChI=1S/C10H11BrN2O3/c1-5(9(13)14)16-10(15)6-2-7(11)4-8(12)3-6/h2-5H,12H2,1H3,(H2,13,14). The van der Waals surface area contributed by atoms with Gasteiger partial charge in [0.2, 0.25) is 0 Å². The van der Waals surface area contributed by atoms with E-state index in [4.69, 9.17) is 16.2 Å². The minimum atomic E-state index is -0.965. The van der Waals surface area contributed by atoms with E-state index < -0.39 is 18.0 Å². The van der Waals surface area contributed by atoms with Crippen molar-refractivity contribution in [3.8, 4) is 0 Å². The van der Waals surface area contributed by atoms with Gasteiger partial charge in [-0.3, -0.25) is 4.79 Å². The number of nitrogens with two attached hydrogens (primary N) is 2. The van der Waals surface area contributed by atoms with Crippen LogP contribution >= 0.6 is 15.9 Å². The summed E-state index contributed by atoms with van der Waals surface area (Å²) in [6.45, 7) is 1.40. The molecule has 6 heteroatoms. The molecule has 0 spiro atoms. The SMILES string of the molecule is CC(OC(=O)c1cc(N)cc(Br)c1)C(N)=O. The Morgan fingerprint density at radius 1 is 1.38 bits per heavy atom. The Labute approximate surface area is 101 Å². The molecule has 1 amide bonds. The molecule has 0 radical (unpaired) electrons. The summed E-state index contributed by atoms with van der Waals surface area (Å²) >= 11 is 3.20. The summed E-state index contributed by atoms with van der Waals surface area (Å²) in [4.78, 5) is 22.3. The van der Waals surface area contributed by atoms with Crippen molar-refractivity contribution in [3.63, 3.8) is 0 Å². The van der Waals surface area contributed by atoms with Gasteiger partial charge in [0.1, 0.15) is 0 Å². The zero-order valence-electron chi connectivity index (χ0n) is 8.57. The van der Waals surface area contributed by atoms with Gasteiger partial charge < -0.3 is 16.2 Å². The van der Waals surface area contributed by atoms with Gasteiger partial charge in [-0.2, -0.15) is 0 Å². The van der Waals surface area contributed by atoms with Crippen LogP contribution in [-0.4, -0.2) is 18.0 Å². The van der Waals surface area contributed by atoms with Gasteiger partial charge in [-0.05, 0) is 25.1 Å². The zero-order valence-corrected chi connectivity index (χ0v) is 10.2. The molecule has 0 saturated heterocycles. The number of hydrogen-bond acceptors (Lipinski definition) is 4. The van der Waals surface area contributed by atoms with Gasteiger partial charge in [0.15, 0.2) is 6.10 Å². The van der Waals surface area contributed by atoms with Crippen LogP contribution in [0.4, 0.5) is 5.69 Å². The van der Waals surface area contributed by atoms with Gasteiger partial charge in [0.25, 0.3) is 5.91 Å². The molecule has 0 bridgehead atoms. The molecular weight excluding hydrogens is 276 g/mol. The molecule has 16 heavy (non-hydrogen) atoms. The Morgan fingerprint density at radius 2 is 2.00 bits per heavy atom. The molecule has 5 nitrogen and oxygen atoms in total. The highest BCUT2D eigenvalue weighted by atomic mass is 79.9. The summed E-state index contributed by atoms with van der Waals surface area (Å²) < 4.78 is 5.48. The summed E-state index contributed by atoms with van der Waals surface area (Å²) in [6, 6.07) is 4.65. The maximum absolute atomic E-state index is 11.6. The largest absolute Gasteiger partial charge is 0.449 e. The van der Waals surface area contributed by atoms with Crippen LogP contribution in [0.1, 0.15) is 17.3 Å². The van der Waals surface area contributed by atoms with E-state index in [-0.39, 0.29) is 5.56 Å². The zero-order chi connectivity index (χ0) is 12.3. The van der Waals surface area contributed by atoms with E-state index in [0.29, 0.717) is 10.2 Å². The molecule has 0 aliphatic heterocycles. The predicted octanol–water partition coefficient (Wildman–Crippen LogP) is 1.06. The molecule has 0 aliphatic carbocycles. The summed E-state index contributed by atoms with van der Waals surface area (Å²) in [6.07, 6.45) is -0.965. The molecule has 1 aromatic carbocycles. The Morgan fingerprint density at radius 3 is 2.50 bits per heavy atom. The van der Waals surface area contributed by atoms with Gasteiger partial charge in [-0.15, -0.1) is 0 Å². The lowest BCUT2D eigenvalue weighted by molar-refractivity contribution is -0.125. The average molecular weight is 287 g/mol. The molecule has 1 aromatic rings. The third-order valence-electron chi connectivity index (χ3n) is 1.84. The maximum atomic E-state index is 11.6. The van der Waals surface area contributed by atoms with Gasteiger partial charge in [0, 0.05) is 10.2 Å². The van der Waals surface area contributed by atoms with E-state index in [0.717, 1.165) is 0 Å². The molecule has 1 rings (SSSR count). The first kappa shape index (κ1) is 12.5. The van der Waals surface area contributed by atoms with Crippen LogP contribution in [0.15, 0.2) is 22.7 Å². The van der Waals surface area contributed by atoms with Crippen molar-refractivity contribution in [2.24, 2.45) is 5.73 Å². The number of halogens is 1. The topological polar surface area (TPSA) is 95.4 Å². The molecule has 0 heterocycles. The number of carbonyl (C=O) groups is 2. The van der Waals surface area contributed by atoms with Crippen LogP contribution in [0.2, 0.25) is 0 Å². The molecule has 0 aromatic heterocycles. The number of benzene rings is 1. The van der Waals surface area contributed by atoms with Crippen molar-refractivity contribution >= 4 is 33.5 Å². The molecule has 1 unspecified atom stereocenters. The quantitative estimate of drug-likeness (QED) is 0.642. The predicted molar refractivity (Wildman–Crippen MR) is 62.6 cm³/mol. The fourth-order valence-corrected chi connectivity index (χ4v) is 1.53. The number of rotatable bonds is 3. The first-order valence-corrected chi connectivity index (χ1v) is 5.26. The van der Waals surface area contributed by atoms with Gasteiger partial charge in [0.05, 0.1) is 5.56 Å². The van der Waals surface area contributed by atoms with Crippen molar-refractivity contribution in [1.82, 2.24) is 0 Å². The lowest BCUT2D eigenvalue weighted by Crippen LogP contribution is -2.30. The second-order valence-corrected chi connectivity index (χ2v) is 4.14. The van der Waals surface area contributed by atoms with Crippen LogP contribution in [0, 0.1) is 0 Å². The third kappa shape index (κ3) is 3.23. The number of anilines is 1. The molecule has 0 fully saturated rings. The summed E-state index contributed by atoms with van der Waals surface area (Å²) in [7, 11) is 0. The van der Waals surface area contributed by atoms with Gasteiger partial charge >= 0.3 is 5.97 Å². The van der Waals surface area contributed by atoms with E-state index in [1.54, 1.807) is 12.1 Å². The third-order valence-corrected chi connectivity index (χ3v) is 2.30. The molecule has 86 valence electrons. The van der Waals surface area contributed by atoms with Crippen molar-refractivity contribution in [2.45, 2.75) is 13.0 Å². The van der Waals surface area contributed by atoms with E-state index in [1.807, 2.05) is 0 Å². The Balaban J connectivity index is 2.84. The average Bonchev–Trinajstić information content (AvgIpc) is 2.15.